The number of methoxy groups -OCH3 is 1. The van der Waals surface area contributed by atoms with Gasteiger partial charge in [-0.15, -0.1) is 0 Å². The quantitative estimate of drug-likeness (QED) is 0.461. The van der Waals surface area contributed by atoms with Crippen LogP contribution in [0, 0.1) is 0 Å². The topological polar surface area (TPSA) is 79.1 Å². The average Bonchev–Trinajstić information content (AvgIpc) is 2.85. The molecule has 0 aliphatic heterocycles. The van der Waals surface area contributed by atoms with Crippen LogP contribution < -0.4 is 0 Å². The lowest BCUT2D eigenvalue weighted by atomic mass is 10.3. The second-order valence-corrected chi connectivity index (χ2v) is 11.6. The first-order valence-corrected chi connectivity index (χ1v) is 10.4. The maximum absolute atomic E-state index is 11.8. The summed E-state index contributed by atoms with van der Waals surface area (Å²) in [4.78, 5) is 23.9. The molecule has 0 saturated carbocycles. The molecule has 0 spiro atoms. The second kappa shape index (κ2) is 6.31. The molecule has 0 N–H and O–H groups in total. The van der Waals surface area contributed by atoms with Gasteiger partial charge in [-0.2, -0.15) is 0 Å². The smallest absolute Gasteiger partial charge is 0.359 e. The summed E-state index contributed by atoms with van der Waals surface area (Å²) in [5.41, 5.74) is 1.20. The molecule has 8 heteroatoms. The van der Waals surface area contributed by atoms with Crippen molar-refractivity contribution in [2.75, 3.05) is 13.7 Å². The minimum absolute atomic E-state index is 0.203. The molecule has 0 aliphatic carbocycles. The van der Waals surface area contributed by atoms with Gasteiger partial charge in [-0.05, 0) is 6.04 Å². The molecular weight excluding hydrogens is 288 g/mol. The number of imidazole rings is 1. The van der Waals surface area contributed by atoms with Crippen molar-refractivity contribution in [3.05, 3.63) is 18.3 Å². The Kier molecular flexibility index (Phi) is 4.68. The highest BCUT2D eigenvalue weighted by atomic mass is 28.3. The maximum atomic E-state index is 11.8. The Hall–Kier alpha value is -1.80. The lowest BCUT2D eigenvalue weighted by Gasteiger charge is -2.15. The normalized spacial score (nSPS) is 11.8. The number of esters is 1. The summed E-state index contributed by atoms with van der Waals surface area (Å²) < 4.78 is 12.1. The number of hydrogen-bond donors (Lipinski definition) is 0. The Balaban J connectivity index is 2.15. The second-order valence-electron chi connectivity index (χ2n) is 5.95. The molecule has 0 aliphatic rings. The van der Waals surface area contributed by atoms with E-state index in [1.807, 2.05) is 0 Å². The predicted molar refractivity (Wildman–Crippen MR) is 80.8 cm³/mol. The third kappa shape index (κ3) is 3.85. The molecule has 0 atom stereocenters. The minimum Gasteiger partial charge on any atom is -0.464 e. The Morgan fingerprint density at radius 1 is 1.29 bits per heavy atom. The molecule has 2 heterocycles. The van der Waals surface area contributed by atoms with Crippen molar-refractivity contribution in [2.24, 2.45) is 0 Å². The van der Waals surface area contributed by atoms with Crippen LogP contribution in [0.15, 0.2) is 12.7 Å². The molecule has 0 unspecified atom stereocenters. The van der Waals surface area contributed by atoms with Gasteiger partial charge in [0.15, 0.2) is 11.3 Å². The summed E-state index contributed by atoms with van der Waals surface area (Å²) in [6, 6.07) is 1.08. The fourth-order valence-electron chi connectivity index (χ4n) is 1.80. The molecule has 0 saturated heterocycles. The van der Waals surface area contributed by atoms with Crippen LogP contribution >= 0.6 is 0 Å². The number of ether oxygens (including phenoxy) is 2. The van der Waals surface area contributed by atoms with E-state index in [1.165, 1.54) is 13.4 Å². The Morgan fingerprint density at radius 3 is 2.71 bits per heavy atom. The number of nitrogens with zero attached hydrogens (tertiary/aromatic N) is 4. The first-order valence-electron chi connectivity index (χ1n) is 6.74. The SMILES string of the molecule is COC(=O)c1ncnc2ncn(COCC[Si](C)(C)C)c12. The van der Waals surface area contributed by atoms with E-state index >= 15 is 0 Å². The van der Waals surface area contributed by atoms with Gasteiger partial charge in [-0.3, -0.25) is 0 Å². The standard InChI is InChI=1S/C13H20N4O3Si/c1-19-13(18)10-11-12(15-7-14-10)16-8-17(11)9-20-5-6-21(2,3)4/h7-8H,5-6,9H2,1-4H3. The van der Waals surface area contributed by atoms with Crippen LogP contribution in [0.5, 0.6) is 0 Å². The van der Waals surface area contributed by atoms with Gasteiger partial charge < -0.3 is 14.0 Å². The highest BCUT2D eigenvalue weighted by molar-refractivity contribution is 6.76. The van der Waals surface area contributed by atoms with E-state index in [0.717, 1.165) is 6.04 Å². The van der Waals surface area contributed by atoms with Crippen LogP contribution in [0.3, 0.4) is 0 Å². The molecule has 0 amide bonds. The van der Waals surface area contributed by atoms with E-state index in [9.17, 15) is 4.79 Å². The average molecular weight is 308 g/mol. The highest BCUT2D eigenvalue weighted by Gasteiger charge is 2.18. The minimum atomic E-state index is -1.12. The molecule has 21 heavy (non-hydrogen) atoms. The first kappa shape index (κ1) is 15.6. The van der Waals surface area contributed by atoms with Gasteiger partial charge >= 0.3 is 5.97 Å². The van der Waals surface area contributed by atoms with Gasteiger partial charge in [-0.1, -0.05) is 19.6 Å². The monoisotopic (exact) mass is 308 g/mol. The first-order chi connectivity index (χ1) is 9.92. The zero-order valence-corrected chi connectivity index (χ0v) is 13.8. The third-order valence-corrected chi connectivity index (χ3v) is 4.72. The summed E-state index contributed by atoms with van der Waals surface area (Å²) in [5, 5.41) is 0. The molecule has 2 aromatic heterocycles. The van der Waals surface area contributed by atoms with Gasteiger partial charge in [0.2, 0.25) is 0 Å². The number of carbonyl (C=O) groups is 1. The fourth-order valence-corrected chi connectivity index (χ4v) is 2.55. The Bertz CT molecular complexity index is 636. The lowest BCUT2D eigenvalue weighted by molar-refractivity contribution is 0.0594. The van der Waals surface area contributed by atoms with Crippen molar-refractivity contribution in [1.82, 2.24) is 19.5 Å². The number of carbonyl (C=O) groups excluding carboxylic acids is 1. The number of hydrogen-bond acceptors (Lipinski definition) is 6. The van der Waals surface area contributed by atoms with Crippen molar-refractivity contribution in [2.45, 2.75) is 32.4 Å². The van der Waals surface area contributed by atoms with Crippen LogP contribution in [0.4, 0.5) is 0 Å². The van der Waals surface area contributed by atoms with Gasteiger partial charge in [0.25, 0.3) is 0 Å². The molecule has 0 bridgehead atoms. The van der Waals surface area contributed by atoms with E-state index in [2.05, 4.69) is 34.6 Å². The van der Waals surface area contributed by atoms with Crippen LogP contribution in [0.25, 0.3) is 11.2 Å². The van der Waals surface area contributed by atoms with Crippen molar-refractivity contribution < 1.29 is 14.3 Å². The van der Waals surface area contributed by atoms with Crippen LogP contribution in [-0.4, -0.2) is 47.3 Å². The van der Waals surface area contributed by atoms with Crippen LogP contribution in [0.2, 0.25) is 25.7 Å². The van der Waals surface area contributed by atoms with E-state index in [4.69, 9.17) is 9.47 Å². The molecule has 114 valence electrons. The van der Waals surface area contributed by atoms with Crippen molar-refractivity contribution in [3.63, 3.8) is 0 Å². The summed E-state index contributed by atoms with van der Waals surface area (Å²) in [7, 11) is 0.205. The van der Waals surface area contributed by atoms with Crippen LogP contribution in [-0.2, 0) is 16.2 Å². The molecule has 2 rings (SSSR count). The van der Waals surface area contributed by atoms with E-state index in [0.29, 0.717) is 24.5 Å². The van der Waals surface area contributed by atoms with Crippen molar-refractivity contribution in [3.8, 4) is 0 Å². The largest absolute Gasteiger partial charge is 0.464 e. The zero-order chi connectivity index (χ0) is 15.5. The van der Waals surface area contributed by atoms with Crippen LogP contribution in [0.1, 0.15) is 10.5 Å². The van der Waals surface area contributed by atoms with Gasteiger partial charge in [0.05, 0.1) is 13.4 Å². The third-order valence-electron chi connectivity index (χ3n) is 3.02. The lowest BCUT2D eigenvalue weighted by Crippen LogP contribution is -2.22. The molecule has 0 fully saturated rings. The fraction of sp³-hybridized carbons (Fsp3) is 0.538. The predicted octanol–water partition coefficient (Wildman–Crippen LogP) is 1.93. The Morgan fingerprint density at radius 2 is 2.05 bits per heavy atom. The number of rotatable bonds is 6. The van der Waals surface area contributed by atoms with Gasteiger partial charge in [0.1, 0.15) is 18.6 Å². The summed E-state index contributed by atoms with van der Waals surface area (Å²) in [6.45, 7) is 7.90. The molecule has 2 aromatic rings. The Labute approximate surface area is 124 Å². The molecule has 7 nitrogen and oxygen atoms in total. The van der Waals surface area contributed by atoms with E-state index in [1.54, 1.807) is 10.9 Å². The van der Waals surface area contributed by atoms with Gasteiger partial charge in [-0.25, -0.2) is 19.7 Å². The summed E-state index contributed by atoms with van der Waals surface area (Å²) >= 11 is 0. The van der Waals surface area contributed by atoms with Crippen molar-refractivity contribution in [1.29, 1.82) is 0 Å². The number of aromatic nitrogens is 4. The number of fused-ring (bicyclic) bond motifs is 1. The van der Waals surface area contributed by atoms with Crippen molar-refractivity contribution >= 4 is 25.2 Å². The van der Waals surface area contributed by atoms with Gasteiger partial charge in [0, 0.05) is 14.7 Å². The summed E-state index contributed by atoms with van der Waals surface area (Å²) in [5.74, 6) is -0.508. The zero-order valence-electron chi connectivity index (χ0n) is 12.8. The summed E-state index contributed by atoms with van der Waals surface area (Å²) in [6.07, 6.45) is 2.90. The molecule has 0 radical (unpaired) electrons. The molecular formula is C13H20N4O3Si. The van der Waals surface area contributed by atoms with E-state index in [-0.39, 0.29) is 5.69 Å². The highest BCUT2D eigenvalue weighted by Crippen LogP contribution is 2.15. The maximum Gasteiger partial charge on any atom is 0.359 e. The van der Waals surface area contributed by atoms with E-state index < -0.39 is 14.0 Å². The molecule has 0 aromatic carbocycles.